The fraction of sp³-hybridized carbons (Fsp3) is 0.182. The van der Waals surface area contributed by atoms with E-state index in [9.17, 15) is 4.79 Å². The maximum Gasteiger partial charge on any atom is 0.347 e. The minimum absolute atomic E-state index is 0.0279. The average molecular weight is 307 g/mol. The summed E-state index contributed by atoms with van der Waals surface area (Å²) < 4.78 is 10.9. The lowest BCUT2D eigenvalue weighted by Crippen LogP contribution is -1.93. The zero-order valence-electron chi connectivity index (χ0n) is 9.41. The van der Waals surface area contributed by atoms with Crippen molar-refractivity contribution in [2.75, 3.05) is 14.2 Å². The van der Waals surface area contributed by atoms with Crippen molar-refractivity contribution < 1.29 is 19.4 Å². The van der Waals surface area contributed by atoms with Crippen molar-refractivity contribution in [2.24, 2.45) is 0 Å². The molecular formula is C11H8Cl2O4S. The maximum atomic E-state index is 11.1. The summed E-state index contributed by atoms with van der Waals surface area (Å²) in [6.07, 6.45) is 0. The quantitative estimate of drug-likeness (QED) is 0.933. The van der Waals surface area contributed by atoms with Crippen LogP contribution in [0.5, 0.6) is 11.5 Å². The molecule has 0 bridgehead atoms. The van der Waals surface area contributed by atoms with E-state index >= 15 is 0 Å². The molecule has 4 nitrogen and oxygen atoms in total. The molecule has 2 aromatic rings. The Labute approximate surface area is 117 Å². The largest absolute Gasteiger partial charge is 0.493 e. The number of thiophene rings is 1. The predicted molar refractivity (Wildman–Crippen MR) is 71.9 cm³/mol. The van der Waals surface area contributed by atoms with Gasteiger partial charge in [0.05, 0.1) is 34.4 Å². The first kappa shape index (κ1) is 13.3. The van der Waals surface area contributed by atoms with Crippen molar-refractivity contribution in [3.05, 3.63) is 21.0 Å². The monoisotopic (exact) mass is 306 g/mol. The van der Waals surface area contributed by atoms with Crippen molar-refractivity contribution in [1.82, 2.24) is 0 Å². The summed E-state index contributed by atoms with van der Waals surface area (Å²) in [6.45, 7) is 0. The van der Waals surface area contributed by atoms with E-state index < -0.39 is 5.97 Å². The first-order valence-corrected chi connectivity index (χ1v) is 6.34. The molecule has 0 spiro atoms. The Bertz CT molecular complexity index is 636. The molecule has 1 heterocycles. The van der Waals surface area contributed by atoms with Crippen LogP contribution < -0.4 is 9.47 Å². The van der Waals surface area contributed by atoms with Crippen molar-refractivity contribution in [3.8, 4) is 11.5 Å². The first-order chi connectivity index (χ1) is 8.51. The number of carboxylic acids is 1. The molecule has 1 aromatic carbocycles. The van der Waals surface area contributed by atoms with Gasteiger partial charge >= 0.3 is 5.97 Å². The molecule has 0 fully saturated rings. The van der Waals surface area contributed by atoms with Gasteiger partial charge in [-0.15, -0.1) is 11.3 Å². The Kier molecular flexibility index (Phi) is 3.56. The molecule has 0 amide bonds. The summed E-state index contributed by atoms with van der Waals surface area (Å²) in [5, 5.41) is 10.0. The molecule has 96 valence electrons. The second-order valence-corrected chi connectivity index (χ2v) is 5.15. The normalized spacial score (nSPS) is 10.7. The van der Waals surface area contributed by atoms with Crippen molar-refractivity contribution in [1.29, 1.82) is 0 Å². The van der Waals surface area contributed by atoms with Crippen LogP contribution in [0.4, 0.5) is 0 Å². The number of hydrogen-bond acceptors (Lipinski definition) is 4. The van der Waals surface area contributed by atoms with Crippen LogP contribution in [0.15, 0.2) is 6.07 Å². The third kappa shape index (κ3) is 1.88. The highest BCUT2D eigenvalue weighted by Gasteiger charge is 2.23. The van der Waals surface area contributed by atoms with Gasteiger partial charge in [0.25, 0.3) is 0 Å². The molecule has 1 aromatic heterocycles. The molecule has 0 aliphatic rings. The lowest BCUT2D eigenvalue weighted by atomic mass is 10.2. The number of carbonyl (C=O) groups is 1. The Morgan fingerprint density at radius 3 is 2.50 bits per heavy atom. The number of halogens is 2. The lowest BCUT2D eigenvalue weighted by Gasteiger charge is -2.09. The fourth-order valence-corrected chi connectivity index (χ4v) is 3.32. The van der Waals surface area contributed by atoms with Crippen LogP contribution >= 0.6 is 34.5 Å². The molecular weight excluding hydrogens is 299 g/mol. The molecule has 0 saturated carbocycles. The summed E-state index contributed by atoms with van der Waals surface area (Å²) >= 11 is 13.2. The SMILES string of the molecule is COc1cc(Cl)c2sc(C(=O)O)c(Cl)c2c1OC. The number of rotatable bonds is 3. The number of benzene rings is 1. The summed E-state index contributed by atoms with van der Waals surface area (Å²) in [4.78, 5) is 11.1. The van der Waals surface area contributed by atoms with Gasteiger partial charge in [0, 0.05) is 6.07 Å². The van der Waals surface area contributed by atoms with E-state index in [0.717, 1.165) is 11.3 Å². The second-order valence-electron chi connectivity index (χ2n) is 3.35. The number of ether oxygens (including phenoxy) is 2. The molecule has 1 N–H and O–H groups in total. The number of fused-ring (bicyclic) bond motifs is 1. The Balaban J connectivity index is 2.93. The smallest absolute Gasteiger partial charge is 0.347 e. The zero-order chi connectivity index (χ0) is 13.4. The number of carboxylic acid groups (broad SMARTS) is 1. The van der Waals surface area contributed by atoms with Gasteiger partial charge in [0.2, 0.25) is 0 Å². The summed E-state index contributed by atoms with van der Waals surface area (Å²) in [7, 11) is 2.93. The summed E-state index contributed by atoms with van der Waals surface area (Å²) in [6, 6.07) is 1.57. The Morgan fingerprint density at radius 2 is 2.00 bits per heavy atom. The van der Waals surface area contributed by atoms with E-state index in [-0.39, 0.29) is 9.90 Å². The van der Waals surface area contributed by atoms with E-state index in [4.69, 9.17) is 37.8 Å². The van der Waals surface area contributed by atoms with E-state index in [1.54, 1.807) is 6.07 Å². The Morgan fingerprint density at radius 1 is 1.33 bits per heavy atom. The highest BCUT2D eigenvalue weighted by Crippen LogP contribution is 2.48. The highest BCUT2D eigenvalue weighted by atomic mass is 35.5. The van der Waals surface area contributed by atoms with Gasteiger partial charge < -0.3 is 14.6 Å². The van der Waals surface area contributed by atoms with Crippen LogP contribution in [-0.2, 0) is 0 Å². The van der Waals surface area contributed by atoms with Crippen molar-refractivity contribution >= 4 is 50.6 Å². The number of hydrogen-bond donors (Lipinski definition) is 1. The summed E-state index contributed by atoms with van der Waals surface area (Å²) in [5.74, 6) is -0.310. The molecule has 0 atom stereocenters. The molecule has 7 heteroatoms. The van der Waals surface area contributed by atoms with Gasteiger partial charge in [-0.2, -0.15) is 0 Å². The zero-order valence-corrected chi connectivity index (χ0v) is 11.7. The number of methoxy groups -OCH3 is 2. The topological polar surface area (TPSA) is 55.8 Å². The maximum absolute atomic E-state index is 11.1. The fourth-order valence-electron chi connectivity index (χ4n) is 1.64. The highest BCUT2D eigenvalue weighted by molar-refractivity contribution is 7.22. The molecule has 2 rings (SSSR count). The van der Waals surface area contributed by atoms with Gasteiger partial charge in [0.1, 0.15) is 4.88 Å². The average Bonchev–Trinajstić information content (AvgIpc) is 2.68. The third-order valence-corrected chi connectivity index (χ3v) is 4.51. The molecule has 0 saturated heterocycles. The van der Waals surface area contributed by atoms with Gasteiger partial charge in [0.15, 0.2) is 11.5 Å². The van der Waals surface area contributed by atoms with E-state index in [0.29, 0.717) is 26.6 Å². The van der Waals surface area contributed by atoms with Gasteiger partial charge in [-0.25, -0.2) is 4.79 Å². The molecule has 0 aliphatic heterocycles. The van der Waals surface area contributed by atoms with Crippen LogP contribution in [0.3, 0.4) is 0 Å². The minimum atomic E-state index is -1.10. The summed E-state index contributed by atoms with van der Waals surface area (Å²) in [5.41, 5.74) is 0. The molecule has 0 radical (unpaired) electrons. The standard InChI is InChI=1S/C11H8Cl2O4S/c1-16-5-3-4(12)9-6(8(5)17-2)7(13)10(18-9)11(14)15/h3H,1-2H3,(H,14,15). The van der Waals surface area contributed by atoms with Crippen LogP contribution in [0.2, 0.25) is 10.0 Å². The molecule has 18 heavy (non-hydrogen) atoms. The van der Waals surface area contributed by atoms with Crippen LogP contribution in [-0.4, -0.2) is 25.3 Å². The van der Waals surface area contributed by atoms with E-state index in [1.165, 1.54) is 14.2 Å². The van der Waals surface area contributed by atoms with Crippen LogP contribution in [0, 0.1) is 0 Å². The first-order valence-electron chi connectivity index (χ1n) is 4.77. The van der Waals surface area contributed by atoms with E-state index in [2.05, 4.69) is 0 Å². The number of aromatic carboxylic acids is 1. The lowest BCUT2D eigenvalue weighted by molar-refractivity contribution is 0.0702. The predicted octanol–water partition coefficient (Wildman–Crippen LogP) is 3.92. The van der Waals surface area contributed by atoms with Gasteiger partial charge in [-0.1, -0.05) is 23.2 Å². The minimum Gasteiger partial charge on any atom is -0.493 e. The van der Waals surface area contributed by atoms with Crippen molar-refractivity contribution in [3.63, 3.8) is 0 Å². The molecule has 0 aliphatic carbocycles. The van der Waals surface area contributed by atoms with Crippen LogP contribution in [0.1, 0.15) is 9.67 Å². The Hall–Kier alpha value is -1.17. The van der Waals surface area contributed by atoms with Gasteiger partial charge in [-0.05, 0) is 0 Å². The second kappa shape index (κ2) is 4.84. The third-order valence-electron chi connectivity index (χ3n) is 2.39. The van der Waals surface area contributed by atoms with E-state index in [1.807, 2.05) is 0 Å². The molecule has 0 unspecified atom stereocenters. The van der Waals surface area contributed by atoms with Gasteiger partial charge in [-0.3, -0.25) is 0 Å². The van der Waals surface area contributed by atoms with Crippen molar-refractivity contribution in [2.45, 2.75) is 0 Å². The van der Waals surface area contributed by atoms with Crippen LogP contribution in [0.25, 0.3) is 10.1 Å².